The van der Waals surface area contributed by atoms with Crippen molar-refractivity contribution in [2.24, 2.45) is 5.92 Å². The minimum atomic E-state index is -1.47. The van der Waals surface area contributed by atoms with Crippen molar-refractivity contribution in [3.05, 3.63) is 0 Å². The first-order valence-electron chi connectivity index (χ1n) is 3.59. The molecule has 0 unspecified atom stereocenters. The Hall–Kier alpha value is -0.520. The fourth-order valence-electron chi connectivity index (χ4n) is 0.819. The molecule has 74 valence electrons. The Balaban J connectivity index is 0. The number of ketones is 2. The molecule has 0 radical (unpaired) electrons. The van der Waals surface area contributed by atoms with Gasteiger partial charge in [-0.1, -0.05) is 0 Å². The number of carbonyl (C=O) groups excluding carboxylic acids is 4. The zero-order chi connectivity index (χ0) is 10.6. The Morgan fingerprint density at radius 3 is 1.50 bits per heavy atom. The van der Waals surface area contributed by atoms with E-state index in [1.807, 2.05) is 0 Å². The summed E-state index contributed by atoms with van der Waals surface area (Å²) in [7, 11) is 0. The zero-order valence-corrected chi connectivity index (χ0v) is 7.62. The Kier molecular flexibility index (Phi) is 7.81. The van der Waals surface area contributed by atoms with E-state index >= 15 is 0 Å². The molecular formula is C8H11NaO5. The second-order valence-electron chi connectivity index (χ2n) is 2.57. The first kappa shape index (κ1) is 15.9. The molecule has 0 atom stereocenters. The van der Waals surface area contributed by atoms with Crippen molar-refractivity contribution in [3.8, 4) is 0 Å². The number of ether oxygens (including phenoxy) is 1. The Morgan fingerprint density at radius 2 is 1.29 bits per heavy atom. The van der Waals surface area contributed by atoms with Crippen LogP contribution in [0.25, 0.3) is 0 Å². The van der Waals surface area contributed by atoms with Gasteiger partial charge in [0.2, 0.25) is 0 Å². The fraction of sp³-hybridized carbons (Fsp3) is 0.500. The molecule has 0 aliphatic heterocycles. The number of Topliss-reactive ketones (excluding diaryl/α,β-unsaturated/α-hetero) is 2. The average molecular weight is 210 g/mol. The molecule has 14 heavy (non-hydrogen) atoms. The molecule has 0 spiro atoms. The van der Waals surface area contributed by atoms with Crippen LogP contribution in [0.4, 0.5) is 0 Å². The van der Waals surface area contributed by atoms with Gasteiger partial charge in [-0.25, -0.2) is 0 Å². The number of hydrogen-bond acceptors (Lipinski definition) is 5. The summed E-state index contributed by atoms with van der Waals surface area (Å²) in [4.78, 5) is 42.8. The predicted molar refractivity (Wildman–Crippen MR) is 48.8 cm³/mol. The standard InChI is InChI=1S/C8H10O5.Na.H/c1-4(9)7(5(2)10)8(12)13-6(3)11;;/h7H,1-3H3;;. The molecule has 0 amide bonds. The summed E-state index contributed by atoms with van der Waals surface area (Å²) in [6.07, 6.45) is 0. The molecule has 6 heteroatoms. The summed E-state index contributed by atoms with van der Waals surface area (Å²) in [5, 5.41) is 0. The van der Waals surface area contributed by atoms with Gasteiger partial charge in [0.15, 0.2) is 17.5 Å². The third kappa shape index (κ3) is 5.26. The number of esters is 2. The van der Waals surface area contributed by atoms with Crippen LogP contribution >= 0.6 is 0 Å². The van der Waals surface area contributed by atoms with Crippen molar-refractivity contribution in [3.63, 3.8) is 0 Å². The molecule has 0 saturated heterocycles. The number of rotatable bonds is 3. The summed E-state index contributed by atoms with van der Waals surface area (Å²) in [6.45, 7) is 3.20. The van der Waals surface area contributed by atoms with Crippen LogP contribution in [0.15, 0.2) is 0 Å². The van der Waals surface area contributed by atoms with Crippen molar-refractivity contribution in [2.45, 2.75) is 20.8 Å². The van der Waals surface area contributed by atoms with Crippen LogP contribution in [0.5, 0.6) is 0 Å². The monoisotopic (exact) mass is 210 g/mol. The normalized spacial score (nSPS) is 8.86. The summed E-state index contributed by atoms with van der Waals surface area (Å²) in [5.74, 6) is -4.66. The van der Waals surface area contributed by atoms with E-state index in [1.165, 1.54) is 0 Å². The van der Waals surface area contributed by atoms with Crippen molar-refractivity contribution in [2.75, 3.05) is 0 Å². The molecule has 0 saturated carbocycles. The van der Waals surface area contributed by atoms with Gasteiger partial charge in [0.05, 0.1) is 0 Å². The van der Waals surface area contributed by atoms with Crippen LogP contribution in [0.1, 0.15) is 20.8 Å². The fourth-order valence-corrected chi connectivity index (χ4v) is 0.819. The first-order valence-corrected chi connectivity index (χ1v) is 3.59. The van der Waals surface area contributed by atoms with Gasteiger partial charge in [-0.3, -0.25) is 19.2 Å². The van der Waals surface area contributed by atoms with Crippen LogP contribution in [-0.2, 0) is 23.9 Å². The van der Waals surface area contributed by atoms with Crippen molar-refractivity contribution < 1.29 is 23.9 Å². The maximum atomic E-state index is 11.0. The third-order valence-electron chi connectivity index (χ3n) is 1.29. The van der Waals surface area contributed by atoms with Gasteiger partial charge in [-0.05, 0) is 13.8 Å². The Morgan fingerprint density at radius 1 is 0.929 bits per heavy atom. The molecule has 0 fully saturated rings. The SMILES string of the molecule is CC(=O)OC(=O)C(C(C)=O)C(C)=O.[NaH]. The minimum absolute atomic E-state index is 0. The van der Waals surface area contributed by atoms with Crippen molar-refractivity contribution >= 4 is 53.1 Å². The molecule has 5 nitrogen and oxygen atoms in total. The second kappa shape index (κ2) is 6.86. The molecule has 0 heterocycles. The van der Waals surface area contributed by atoms with Gasteiger partial charge in [0.1, 0.15) is 0 Å². The molecule has 0 N–H and O–H groups in total. The quantitative estimate of drug-likeness (QED) is 0.347. The Bertz CT molecular complexity index is 257. The zero-order valence-electron chi connectivity index (χ0n) is 7.62. The second-order valence-corrected chi connectivity index (χ2v) is 2.57. The summed E-state index contributed by atoms with van der Waals surface area (Å²) < 4.78 is 4.12. The van der Waals surface area contributed by atoms with Gasteiger partial charge in [-0.15, -0.1) is 0 Å². The van der Waals surface area contributed by atoms with Crippen LogP contribution in [0.2, 0.25) is 0 Å². The predicted octanol–water partition coefficient (Wildman–Crippen LogP) is -0.778. The molecule has 0 bridgehead atoms. The van der Waals surface area contributed by atoms with E-state index in [0.29, 0.717) is 0 Å². The molecule has 0 aromatic carbocycles. The first-order chi connectivity index (χ1) is 5.86. The van der Waals surface area contributed by atoms with E-state index in [4.69, 9.17) is 0 Å². The van der Waals surface area contributed by atoms with Crippen molar-refractivity contribution in [1.29, 1.82) is 0 Å². The molecular weight excluding hydrogens is 199 g/mol. The van der Waals surface area contributed by atoms with Gasteiger partial charge in [0, 0.05) is 6.92 Å². The van der Waals surface area contributed by atoms with E-state index in [9.17, 15) is 19.2 Å². The van der Waals surface area contributed by atoms with E-state index < -0.39 is 29.4 Å². The molecule has 0 rings (SSSR count). The van der Waals surface area contributed by atoms with Gasteiger partial charge in [-0.2, -0.15) is 0 Å². The number of hydrogen-bond donors (Lipinski definition) is 0. The van der Waals surface area contributed by atoms with Crippen LogP contribution in [-0.4, -0.2) is 53.1 Å². The van der Waals surface area contributed by atoms with Crippen LogP contribution < -0.4 is 0 Å². The van der Waals surface area contributed by atoms with E-state index in [-0.39, 0.29) is 29.6 Å². The van der Waals surface area contributed by atoms with Gasteiger partial charge in [0.25, 0.3) is 0 Å². The summed E-state index contributed by atoms with van der Waals surface area (Å²) >= 11 is 0. The van der Waals surface area contributed by atoms with Crippen molar-refractivity contribution in [1.82, 2.24) is 0 Å². The molecule has 0 aliphatic rings. The van der Waals surface area contributed by atoms with E-state index in [2.05, 4.69) is 4.74 Å². The average Bonchev–Trinajstić information content (AvgIpc) is 1.81. The Labute approximate surface area is 103 Å². The van der Waals surface area contributed by atoms with E-state index in [1.54, 1.807) is 0 Å². The molecule has 0 aromatic heterocycles. The van der Waals surface area contributed by atoms with Crippen LogP contribution in [0, 0.1) is 5.92 Å². The molecule has 0 aliphatic carbocycles. The summed E-state index contributed by atoms with van der Waals surface area (Å²) in [5.41, 5.74) is 0. The van der Waals surface area contributed by atoms with E-state index in [0.717, 1.165) is 20.8 Å². The summed E-state index contributed by atoms with van der Waals surface area (Å²) in [6, 6.07) is 0. The molecule has 0 aromatic rings. The van der Waals surface area contributed by atoms with Gasteiger partial charge < -0.3 is 4.74 Å². The van der Waals surface area contributed by atoms with Crippen LogP contribution in [0.3, 0.4) is 0 Å². The number of carbonyl (C=O) groups is 4. The maximum absolute atomic E-state index is 11.0. The van der Waals surface area contributed by atoms with Gasteiger partial charge >= 0.3 is 41.5 Å². The topological polar surface area (TPSA) is 77.5 Å². The third-order valence-corrected chi connectivity index (χ3v) is 1.29.